The number of aromatic nitrogens is 2. The molecule has 98 valence electrons. The molecule has 3 N–H and O–H groups in total. The lowest BCUT2D eigenvalue weighted by Crippen LogP contribution is -2.23. The summed E-state index contributed by atoms with van der Waals surface area (Å²) in [6.45, 7) is -0.399. The van der Waals surface area contributed by atoms with Crippen LogP contribution in [-0.4, -0.2) is 34.1 Å². The summed E-state index contributed by atoms with van der Waals surface area (Å²) in [7, 11) is 0. The van der Waals surface area contributed by atoms with Crippen LogP contribution in [0.25, 0.3) is 0 Å². The van der Waals surface area contributed by atoms with E-state index in [9.17, 15) is 13.2 Å². The van der Waals surface area contributed by atoms with Crippen molar-refractivity contribution in [3.63, 3.8) is 0 Å². The zero-order valence-electron chi connectivity index (χ0n) is 8.94. The normalized spacial score (nSPS) is 15.9. The Morgan fingerprint density at radius 1 is 1.53 bits per heavy atom. The molecule has 9 heteroatoms. The highest BCUT2D eigenvalue weighted by Gasteiger charge is 2.28. The van der Waals surface area contributed by atoms with Gasteiger partial charge >= 0.3 is 6.18 Å². The van der Waals surface area contributed by atoms with Gasteiger partial charge in [0.1, 0.15) is 19.3 Å². The maximum atomic E-state index is 11.8. The lowest BCUT2D eigenvalue weighted by atomic mass is 10.2. The SMILES string of the molecule is C[C@@H](O)[C@H](N)c1nc(COCC(F)(F)F)no1. The van der Waals surface area contributed by atoms with Crippen LogP contribution in [0.4, 0.5) is 13.2 Å². The molecule has 1 aromatic heterocycles. The molecule has 1 rings (SSSR count). The summed E-state index contributed by atoms with van der Waals surface area (Å²) in [6, 6.07) is -0.876. The first-order chi connectivity index (χ1) is 7.79. The number of rotatable bonds is 5. The predicted octanol–water partition coefficient (Wildman–Crippen LogP) is 0.529. The molecule has 0 aromatic carbocycles. The molecule has 2 atom stereocenters. The molecular formula is C8H12F3N3O3. The van der Waals surface area contributed by atoms with Crippen LogP contribution >= 0.6 is 0 Å². The van der Waals surface area contributed by atoms with Crippen LogP contribution in [0.1, 0.15) is 24.7 Å². The number of aliphatic hydroxyl groups is 1. The average Bonchev–Trinajstić information content (AvgIpc) is 2.63. The number of aliphatic hydroxyl groups excluding tert-OH is 1. The van der Waals surface area contributed by atoms with Crippen LogP contribution in [0.2, 0.25) is 0 Å². The molecule has 6 nitrogen and oxygen atoms in total. The minimum Gasteiger partial charge on any atom is -0.391 e. The van der Waals surface area contributed by atoms with Gasteiger partial charge in [-0.2, -0.15) is 18.2 Å². The second-order valence-corrected chi connectivity index (χ2v) is 3.42. The van der Waals surface area contributed by atoms with Crippen LogP contribution in [0.3, 0.4) is 0 Å². The Kier molecular flexibility index (Phi) is 4.43. The highest BCUT2D eigenvalue weighted by molar-refractivity contribution is 4.92. The van der Waals surface area contributed by atoms with Gasteiger partial charge < -0.3 is 20.1 Å². The molecule has 0 fully saturated rings. The first-order valence-electron chi connectivity index (χ1n) is 4.70. The van der Waals surface area contributed by atoms with Gasteiger partial charge in [-0.05, 0) is 6.92 Å². The van der Waals surface area contributed by atoms with E-state index in [4.69, 9.17) is 10.8 Å². The smallest absolute Gasteiger partial charge is 0.391 e. The lowest BCUT2D eigenvalue weighted by Gasteiger charge is -2.08. The second-order valence-electron chi connectivity index (χ2n) is 3.42. The lowest BCUT2D eigenvalue weighted by molar-refractivity contribution is -0.177. The number of ether oxygens (including phenoxy) is 1. The molecule has 1 heterocycles. The minimum atomic E-state index is -4.40. The number of nitrogens with two attached hydrogens (primary N) is 1. The van der Waals surface area contributed by atoms with Gasteiger partial charge in [-0.1, -0.05) is 5.16 Å². The highest BCUT2D eigenvalue weighted by Crippen LogP contribution is 2.16. The highest BCUT2D eigenvalue weighted by atomic mass is 19.4. The number of hydrogen-bond donors (Lipinski definition) is 2. The van der Waals surface area contributed by atoms with Crippen molar-refractivity contribution in [3.05, 3.63) is 11.7 Å². The Hall–Kier alpha value is -1.19. The van der Waals surface area contributed by atoms with Gasteiger partial charge in [0.2, 0.25) is 5.89 Å². The zero-order chi connectivity index (χ0) is 13.1. The Labute approximate surface area is 94.6 Å². The standard InChI is InChI=1S/C8H12F3N3O3/c1-4(15)6(12)7-13-5(14-17-7)2-16-3-8(9,10)11/h4,6,15H,2-3,12H2,1H3/t4-,6+/m1/s1. The Bertz CT molecular complexity index is 353. The van der Waals surface area contributed by atoms with Crippen LogP contribution in [0.15, 0.2) is 4.52 Å². The van der Waals surface area contributed by atoms with Gasteiger partial charge in [-0.15, -0.1) is 0 Å². The maximum Gasteiger partial charge on any atom is 0.411 e. The van der Waals surface area contributed by atoms with Crippen molar-refractivity contribution in [1.29, 1.82) is 0 Å². The van der Waals surface area contributed by atoms with E-state index < -0.39 is 31.5 Å². The van der Waals surface area contributed by atoms with Crippen molar-refractivity contribution < 1.29 is 27.5 Å². The predicted molar refractivity (Wildman–Crippen MR) is 48.6 cm³/mol. The van der Waals surface area contributed by atoms with Crippen LogP contribution in [0, 0.1) is 0 Å². The summed E-state index contributed by atoms with van der Waals surface area (Å²) in [5.74, 6) is -0.106. The molecule has 1 aromatic rings. The molecule has 0 radical (unpaired) electrons. The quantitative estimate of drug-likeness (QED) is 0.797. The van der Waals surface area contributed by atoms with Crippen molar-refractivity contribution in [1.82, 2.24) is 10.1 Å². The molecule has 0 saturated carbocycles. The first-order valence-corrected chi connectivity index (χ1v) is 4.70. The third-order valence-electron chi connectivity index (χ3n) is 1.79. The number of nitrogens with zero attached hydrogens (tertiary/aromatic N) is 2. The average molecular weight is 255 g/mol. The monoisotopic (exact) mass is 255 g/mol. The van der Waals surface area contributed by atoms with E-state index in [1.165, 1.54) is 6.92 Å². The zero-order valence-corrected chi connectivity index (χ0v) is 8.94. The molecule has 0 spiro atoms. The maximum absolute atomic E-state index is 11.8. The van der Waals surface area contributed by atoms with Crippen LogP contribution < -0.4 is 5.73 Å². The number of alkyl halides is 3. The summed E-state index contributed by atoms with van der Waals surface area (Å²) >= 11 is 0. The van der Waals surface area contributed by atoms with E-state index in [0.717, 1.165) is 0 Å². The topological polar surface area (TPSA) is 94.4 Å². The molecule has 0 aliphatic carbocycles. The summed E-state index contributed by atoms with van der Waals surface area (Å²) in [4.78, 5) is 3.70. The molecule has 17 heavy (non-hydrogen) atoms. The van der Waals surface area contributed by atoms with Crippen molar-refractivity contribution >= 4 is 0 Å². The molecule has 0 saturated heterocycles. The molecular weight excluding hydrogens is 243 g/mol. The molecule has 0 bridgehead atoms. The van der Waals surface area contributed by atoms with E-state index in [2.05, 4.69) is 19.4 Å². The van der Waals surface area contributed by atoms with Crippen molar-refractivity contribution in [3.8, 4) is 0 Å². The third kappa shape index (κ3) is 4.67. The Morgan fingerprint density at radius 2 is 2.18 bits per heavy atom. The van der Waals surface area contributed by atoms with Crippen LogP contribution in [-0.2, 0) is 11.3 Å². The summed E-state index contributed by atoms with van der Waals surface area (Å²) in [5, 5.41) is 12.5. The summed E-state index contributed by atoms with van der Waals surface area (Å²) in [5.41, 5.74) is 5.48. The van der Waals surface area contributed by atoms with Crippen molar-refractivity contribution in [2.75, 3.05) is 6.61 Å². The van der Waals surface area contributed by atoms with Crippen molar-refractivity contribution in [2.24, 2.45) is 5.73 Å². The summed E-state index contributed by atoms with van der Waals surface area (Å²) in [6.07, 6.45) is -5.30. The molecule has 0 unspecified atom stereocenters. The van der Waals surface area contributed by atoms with E-state index in [1.54, 1.807) is 0 Å². The molecule has 0 aliphatic rings. The molecule has 0 amide bonds. The Balaban J connectivity index is 2.46. The van der Waals surface area contributed by atoms with E-state index >= 15 is 0 Å². The molecule has 0 aliphatic heterocycles. The third-order valence-corrected chi connectivity index (χ3v) is 1.79. The fourth-order valence-electron chi connectivity index (χ4n) is 0.926. The second kappa shape index (κ2) is 5.43. The van der Waals surface area contributed by atoms with Gasteiger partial charge in [0.15, 0.2) is 5.82 Å². The van der Waals surface area contributed by atoms with Gasteiger partial charge in [0.25, 0.3) is 0 Å². The Morgan fingerprint density at radius 3 is 2.71 bits per heavy atom. The number of hydrogen-bond acceptors (Lipinski definition) is 6. The van der Waals surface area contributed by atoms with Gasteiger partial charge in [-0.25, -0.2) is 0 Å². The number of halogens is 3. The van der Waals surface area contributed by atoms with Gasteiger partial charge in [0.05, 0.1) is 6.10 Å². The summed E-state index contributed by atoms with van der Waals surface area (Å²) < 4.78 is 44.3. The fourth-order valence-corrected chi connectivity index (χ4v) is 0.926. The minimum absolute atomic E-state index is 0.0504. The van der Waals surface area contributed by atoms with Gasteiger partial charge in [-0.3, -0.25) is 0 Å². The van der Waals surface area contributed by atoms with E-state index in [0.29, 0.717) is 0 Å². The van der Waals surface area contributed by atoms with E-state index in [1.807, 2.05) is 0 Å². The fraction of sp³-hybridized carbons (Fsp3) is 0.750. The van der Waals surface area contributed by atoms with E-state index in [-0.39, 0.29) is 11.7 Å². The van der Waals surface area contributed by atoms with Crippen LogP contribution in [0.5, 0.6) is 0 Å². The van der Waals surface area contributed by atoms with Gasteiger partial charge in [0, 0.05) is 0 Å². The largest absolute Gasteiger partial charge is 0.411 e. The first kappa shape index (κ1) is 13.9. The van der Waals surface area contributed by atoms with Crippen molar-refractivity contribution in [2.45, 2.75) is 31.9 Å².